The second kappa shape index (κ2) is 4.21. The third-order valence-electron chi connectivity index (χ3n) is 2.09. The molecule has 90 valence electrons. The molecule has 2 rings (SSSR count). The van der Waals surface area contributed by atoms with Gasteiger partial charge < -0.3 is 0 Å². The molecule has 0 saturated carbocycles. The number of alkyl halides is 3. The van der Waals surface area contributed by atoms with Crippen LogP contribution >= 0.6 is 22.6 Å². The van der Waals surface area contributed by atoms with E-state index in [4.69, 9.17) is 0 Å². The first-order chi connectivity index (χ1) is 7.88. The van der Waals surface area contributed by atoms with Crippen LogP contribution in [0, 0.1) is 3.57 Å². The Labute approximate surface area is 107 Å². The van der Waals surface area contributed by atoms with Crippen molar-refractivity contribution in [3.05, 3.63) is 49.9 Å². The van der Waals surface area contributed by atoms with Gasteiger partial charge in [-0.3, -0.25) is 9.89 Å². The Bertz CT molecular complexity index is 600. The number of halogens is 4. The largest absolute Gasteiger partial charge is 0.432 e. The zero-order chi connectivity index (χ0) is 12.6. The van der Waals surface area contributed by atoms with E-state index in [-0.39, 0.29) is 0 Å². The molecule has 17 heavy (non-hydrogen) atoms. The summed E-state index contributed by atoms with van der Waals surface area (Å²) in [5.41, 5.74) is -1.42. The lowest BCUT2D eigenvalue weighted by Crippen LogP contribution is -2.13. The summed E-state index contributed by atoms with van der Waals surface area (Å²) < 4.78 is 38.9. The number of H-pyrrole nitrogens is 1. The molecule has 0 unspecified atom stereocenters. The van der Waals surface area contributed by atoms with E-state index in [1.54, 1.807) is 24.3 Å². The highest BCUT2D eigenvalue weighted by Gasteiger charge is 2.33. The molecule has 0 aliphatic heterocycles. The molecule has 7 heteroatoms. The molecule has 1 aromatic carbocycles. The molecule has 0 saturated heterocycles. The first kappa shape index (κ1) is 12.2. The molecule has 1 aromatic heterocycles. The first-order valence-electron chi connectivity index (χ1n) is 4.53. The molecule has 0 fully saturated rings. The molecule has 0 aliphatic carbocycles. The average Bonchev–Trinajstić information content (AvgIpc) is 2.60. The SMILES string of the molecule is O=c1cc(C(F)(F)F)[nH]n1-c1cccc(I)c1. The van der Waals surface area contributed by atoms with Crippen molar-refractivity contribution in [2.24, 2.45) is 0 Å². The summed E-state index contributed by atoms with van der Waals surface area (Å²) >= 11 is 2.02. The predicted octanol–water partition coefficient (Wildman–Crippen LogP) is 2.79. The van der Waals surface area contributed by atoms with Crippen molar-refractivity contribution in [1.82, 2.24) is 9.78 Å². The number of nitrogens with zero attached hydrogens (tertiary/aromatic N) is 1. The Morgan fingerprint density at radius 3 is 2.47 bits per heavy atom. The molecule has 1 heterocycles. The van der Waals surface area contributed by atoms with Crippen LogP contribution in [0.25, 0.3) is 5.69 Å². The minimum absolute atomic E-state index is 0.373. The quantitative estimate of drug-likeness (QED) is 0.786. The summed E-state index contributed by atoms with van der Waals surface area (Å²) in [6.07, 6.45) is -4.55. The summed E-state index contributed by atoms with van der Waals surface area (Å²) in [7, 11) is 0. The van der Waals surface area contributed by atoms with Crippen molar-refractivity contribution in [2.75, 3.05) is 0 Å². The van der Waals surface area contributed by atoms with Gasteiger partial charge in [-0.2, -0.15) is 13.2 Å². The maximum Gasteiger partial charge on any atom is 0.432 e. The fraction of sp³-hybridized carbons (Fsp3) is 0.100. The van der Waals surface area contributed by atoms with E-state index < -0.39 is 17.4 Å². The number of aromatic nitrogens is 2. The van der Waals surface area contributed by atoms with Crippen LogP contribution in [0.3, 0.4) is 0 Å². The molecule has 0 bridgehead atoms. The van der Waals surface area contributed by atoms with Gasteiger partial charge in [-0.1, -0.05) is 6.07 Å². The Morgan fingerprint density at radius 1 is 1.24 bits per heavy atom. The van der Waals surface area contributed by atoms with Gasteiger partial charge in [0.25, 0.3) is 5.56 Å². The van der Waals surface area contributed by atoms with E-state index in [2.05, 4.69) is 0 Å². The van der Waals surface area contributed by atoms with Gasteiger partial charge in [0.2, 0.25) is 0 Å². The van der Waals surface area contributed by atoms with Crippen LogP contribution in [0.4, 0.5) is 13.2 Å². The average molecular weight is 354 g/mol. The Hall–Kier alpha value is -1.25. The van der Waals surface area contributed by atoms with E-state index in [0.29, 0.717) is 11.8 Å². The van der Waals surface area contributed by atoms with Gasteiger partial charge in [0.15, 0.2) is 0 Å². The van der Waals surface area contributed by atoms with Gasteiger partial charge in [0.1, 0.15) is 5.69 Å². The number of hydrogen-bond acceptors (Lipinski definition) is 1. The molecule has 1 N–H and O–H groups in total. The number of nitrogens with one attached hydrogen (secondary N) is 1. The lowest BCUT2D eigenvalue weighted by molar-refractivity contribution is -0.141. The van der Waals surface area contributed by atoms with Gasteiger partial charge in [-0.25, -0.2) is 4.68 Å². The lowest BCUT2D eigenvalue weighted by Gasteiger charge is -2.04. The molecule has 0 amide bonds. The number of aromatic amines is 1. The summed E-state index contributed by atoms with van der Waals surface area (Å²) in [6.45, 7) is 0. The maximum atomic E-state index is 12.4. The zero-order valence-corrected chi connectivity index (χ0v) is 10.4. The van der Waals surface area contributed by atoms with Crippen molar-refractivity contribution in [3.63, 3.8) is 0 Å². The maximum absolute atomic E-state index is 12.4. The topological polar surface area (TPSA) is 37.8 Å². The fourth-order valence-corrected chi connectivity index (χ4v) is 1.87. The van der Waals surface area contributed by atoms with Crippen LogP contribution in [-0.4, -0.2) is 9.78 Å². The van der Waals surface area contributed by atoms with Crippen LogP contribution in [0.15, 0.2) is 35.1 Å². The third kappa shape index (κ3) is 2.54. The highest BCUT2D eigenvalue weighted by atomic mass is 127. The highest BCUT2D eigenvalue weighted by molar-refractivity contribution is 14.1. The second-order valence-electron chi connectivity index (χ2n) is 3.32. The minimum atomic E-state index is -4.55. The van der Waals surface area contributed by atoms with Crippen LogP contribution in [0.1, 0.15) is 5.69 Å². The zero-order valence-electron chi connectivity index (χ0n) is 8.25. The number of benzene rings is 1. The normalized spacial score (nSPS) is 11.8. The molecule has 2 aromatic rings. The fourth-order valence-electron chi connectivity index (χ4n) is 1.35. The van der Waals surface area contributed by atoms with Gasteiger partial charge in [0.05, 0.1) is 5.69 Å². The summed E-state index contributed by atoms with van der Waals surface area (Å²) in [5, 5.41) is 2.04. The van der Waals surface area contributed by atoms with Crippen molar-refractivity contribution in [3.8, 4) is 5.69 Å². The van der Waals surface area contributed by atoms with E-state index in [9.17, 15) is 18.0 Å². The van der Waals surface area contributed by atoms with E-state index >= 15 is 0 Å². The molecule has 3 nitrogen and oxygen atoms in total. The predicted molar refractivity (Wildman–Crippen MR) is 64.1 cm³/mol. The molecular weight excluding hydrogens is 348 g/mol. The van der Waals surface area contributed by atoms with Gasteiger partial charge >= 0.3 is 6.18 Å². The molecule has 0 aliphatic rings. The third-order valence-corrected chi connectivity index (χ3v) is 2.76. The van der Waals surface area contributed by atoms with Gasteiger partial charge in [0, 0.05) is 9.64 Å². The monoisotopic (exact) mass is 354 g/mol. The Morgan fingerprint density at radius 2 is 1.94 bits per heavy atom. The van der Waals surface area contributed by atoms with Crippen molar-refractivity contribution in [2.45, 2.75) is 6.18 Å². The van der Waals surface area contributed by atoms with E-state index in [0.717, 1.165) is 8.25 Å². The molecule has 0 atom stereocenters. The van der Waals surface area contributed by atoms with E-state index in [1.165, 1.54) is 0 Å². The highest BCUT2D eigenvalue weighted by Crippen LogP contribution is 2.26. The van der Waals surface area contributed by atoms with E-state index in [1.807, 2.05) is 27.7 Å². The Balaban J connectivity index is 2.54. The Kier molecular flexibility index (Phi) is 3.02. The number of hydrogen-bond donors (Lipinski definition) is 1. The summed E-state index contributed by atoms with van der Waals surface area (Å²) in [6, 6.07) is 7.15. The van der Waals surface area contributed by atoms with Crippen molar-refractivity contribution >= 4 is 22.6 Å². The smallest absolute Gasteiger partial charge is 0.286 e. The molecule has 0 spiro atoms. The summed E-state index contributed by atoms with van der Waals surface area (Å²) in [5.74, 6) is 0. The van der Waals surface area contributed by atoms with Gasteiger partial charge in [-0.05, 0) is 40.8 Å². The summed E-state index contributed by atoms with van der Waals surface area (Å²) in [4.78, 5) is 11.4. The second-order valence-corrected chi connectivity index (χ2v) is 4.57. The van der Waals surface area contributed by atoms with Gasteiger partial charge in [-0.15, -0.1) is 0 Å². The molecule has 0 radical (unpaired) electrons. The standard InChI is InChI=1S/C10H6F3IN2O/c11-10(12,13)8-5-9(17)16(15-8)7-3-1-2-6(14)4-7/h1-5,15H. The van der Waals surface area contributed by atoms with Crippen LogP contribution in [-0.2, 0) is 6.18 Å². The van der Waals surface area contributed by atoms with Crippen LogP contribution in [0.5, 0.6) is 0 Å². The first-order valence-corrected chi connectivity index (χ1v) is 5.61. The molecular formula is C10H6F3IN2O. The van der Waals surface area contributed by atoms with Crippen LogP contribution in [0.2, 0.25) is 0 Å². The lowest BCUT2D eigenvalue weighted by atomic mass is 10.3. The van der Waals surface area contributed by atoms with Crippen LogP contribution < -0.4 is 5.56 Å². The van der Waals surface area contributed by atoms with Crippen molar-refractivity contribution in [1.29, 1.82) is 0 Å². The minimum Gasteiger partial charge on any atom is -0.286 e. The van der Waals surface area contributed by atoms with Crippen molar-refractivity contribution < 1.29 is 13.2 Å². The number of rotatable bonds is 1.